The Morgan fingerprint density at radius 1 is 1.12 bits per heavy atom. The van der Waals surface area contributed by atoms with Gasteiger partial charge in [0.25, 0.3) is 0 Å². The fraction of sp³-hybridized carbons (Fsp3) is 0.579. The molecule has 2 aliphatic rings. The fourth-order valence-electron chi connectivity index (χ4n) is 3.21. The highest BCUT2D eigenvalue weighted by atomic mass is 16.8. The third-order valence-electron chi connectivity index (χ3n) is 4.23. The van der Waals surface area contributed by atoms with E-state index >= 15 is 0 Å². The maximum absolute atomic E-state index is 6.14. The van der Waals surface area contributed by atoms with Gasteiger partial charge >= 0.3 is 0 Å². The van der Waals surface area contributed by atoms with E-state index in [2.05, 4.69) is 6.58 Å². The summed E-state index contributed by atoms with van der Waals surface area (Å²) in [5, 5.41) is 0. The van der Waals surface area contributed by atoms with Gasteiger partial charge < -0.3 is 23.7 Å². The van der Waals surface area contributed by atoms with Crippen LogP contribution in [0.2, 0.25) is 0 Å². The molecule has 1 aromatic carbocycles. The van der Waals surface area contributed by atoms with Gasteiger partial charge in [0, 0.05) is 0 Å². The zero-order valence-electron chi connectivity index (χ0n) is 14.5. The van der Waals surface area contributed by atoms with E-state index in [1.807, 2.05) is 51.1 Å². The van der Waals surface area contributed by atoms with Gasteiger partial charge in [-0.25, -0.2) is 0 Å². The van der Waals surface area contributed by atoms with Crippen molar-refractivity contribution < 1.29 is 23.7 Å². The molecule has 3 rings (SSSR count). The van der Waals surface area contributed by atoms with Crippen molar-refractivity contribution in [1.29, 1.82) is 0 Å². The average Bonchev–Trinajstić information content (AvgIpc) is 2.88. The average molecular weight is 334 g/mol. The third-order valence-corrected chi connectivity index (χ3v) is 4.23. The maximum Gasteiger partial charge on any atom is 0.187 e. The lowest BCUT2D eigenvalue weighted by molar-refractivity contribution is -0.276. The highest BCUT2D eigenvalue weighted by Gasteiger charge is 2.55. The number of ether oxygens (including phenoxy) is 5. The molecule has 0 bridgehead atoms. The molecule has 5 atom stereocenters. The highest BCUT2D eigenvalue weighted by Crippen LogP contribution is 2.39. The Bertz CT molecular complexity index is 544. The van der Waals surface area contributed by atoms with Crippen molar-refractivity contribution in [1.82, 2.24) is 0 Å². The first-order chi connectivity index (χ1) is 11.5. The summed E-state index contributed by atoms with van der Waals surface area (Å²) in [6, 6.07) is 10.1. The van der Waals surface area contributed by atoms with Crippen molar-refractivity contribution in [2.75, 3.05) is 6.61 Å². The van der Waals surface area contributed by atoms with Gasteiger partial charge in [0.1, 0.15) is 18.3 Å². The van der Waals surface area contributed by atoms with E-state index < -0.39 is 12.1 Å². The van der Waals surface area contributed by atoms with Crippen LogP contribution in [-0.2, 0) is 30.3 Å². The second-order valence-electron chi connectivity index (χ2n) is 6.66. The van der Waals surface area contributed by atoms with Gasteiger partial charge in [-0.1, -0.05) is 36.4 Å². The van der Waals surface area contributed by atoms with E-state index in [1.165, 1.54) is 0 Å². The maximum atomic E-state index is 6.14. The van der Waals surface area contributed by atoms with E-state index in [4.69, 9.17) is 23.7 Å². The summed E-state index contributed by atoms with van der Waals surface area (Å²) in [6.45, 7) is 10.4. The van der Waals surface area contributed by atoms with Gasteiger partial charge in [-0.3, -0.25) is 0 Å². The second kappa shape index (κ2) is 7.33. The number of benzene rings is 1. The zero-order chi connectivity index (χ0) is 17.2. The van der Waals surface area contributed by atoms with Crippen LogP contribution in [0, 0.1) is 0 Å². The fourth-order valence-corrected chi connectivity index (χ4v) is 3.21. The quantitative estimate of drug-likeness (QED) is 0.748. The molecule has 5 heteroatoms. The highest BCUT2D eigenvalue weighted by molar-refractivity contribution is 5.13. The predicted octanol–water partition coefficient (Wildman–Crippen LogP) is 3.04. The van der Waals surface area contributed by atoms with Gasteiger partial charge in [0.2, 0.25) is 0 Å². The van der Waals surface area contributed by atoms with Crippen LogP contribution in [0.25, 0.3) is 0 Å². The number of hydrogen-bond acceptors (Lipinski definition) is 5. The molecule has 0 N–H and O–H groups in total. The first kappa shape index (κ1) is 17.6. The zero-order valence-corrected chi connectivity index (χ0v) is 14.5. The van der Waals surface area contributed by atoms with Gasteiger partial charge in [-0.2, -0.15) is 0 Å². The van der Waals surface area contributed by atoms with Crippen molar-refractivity contribution in [3.8, 4) is 0 Å². The van der Waals surface area contributed by atoms with E-state index in [0.29, 0.717) is 13.2 Å². The van der Waals surface area contributed by atoms with Crippen LogP contribution < -0.4 is 0 Å². The third kappa shape index (κ3) is 3.87. The summed E-state index contributed by atoms with van der Waals surface area (Å²) < 4.78 is 30.0. The molecule has 0 spiro atoms. The molecule has 24 heavy (non-hydrogen) atoms. The molecule has 2 heterocycles. The van der Waals surface area contributed by atoms with Crippen molar-refractivity contribution in [3.05, 3.63) is 48.6 Å². The molecule has 2 saturated heterocycles. The topological polar surface area (TPSA) is 46.2 Å². The van der Waals surface area contributed by atoms with Crippen LogP contribution in [-0.4, -0.2) is 43.1 Å². The number of fused-ring (bicyclic) bond motifs is 1. The monoisotopic (exact) mass is 334 g/mol. The van der Waals surface area contributed by atoms with E-state index in [9.17, 15) is 0 Å². The molecule has 0 aromatic heterocycles. The Morgan fingerprint density at radius 3 is 2.54 bits per heavy atom. The molecule has 132 valence electrons. The van der Waals surface area contributed by atoms with Crippen LogP contribution in [0.3, 0.4) is 0 Å². The molecule has 0 radical (unpaired) electrons. The van der Waals surface area contributed by atoms with Crippen LogP contribution in [0.15, 0.2) is 43.0 Å². The van der Waals surface area contributed by atoms with Gasteiger partial charge in [-0.15, -0.1) is 6.58 Å². The summed E-state index contributed by atoms with van der Waals surface area (Å²) in [6.07, 6.45) is 0.269. The second-order valence-corrected chi connectivity index (χ2v) is 6.66. The summed E-state index contributed by atoms with van der Waals surface area (Å²) in [5.74, 6) is -0.688. The molecular formula is C19H26O5. The SMILES string of the molecule is C=CCO[C@@H]1O[C@@H](C)[C@H](OCc2ccccc2)[C@H]2OC(C)(C)O[C@@H]12. The van der Waals surface area contributed by atoms with Gasteiger partial charge in [-0.05, 0) is 26.3 Å². The first-order valence-corrected chi connectivity index (χ1v) is 8.39. The summed E-state index contributed by atoms with van der Waals surface area (Å²) in [7, 11) is 0. The first-order valence-electron chi connectivity index (χ1n) is 8.39. The standard InChI is InChI=1S/C19H26O5/c1-5-11-20-18-17-16(23-19(3,4)24-17)15(13(2)22-18)21-12-14-9-7-6-8-10-14/h5-10,13,15-18H,1,11-12H2,2-4H3/t13-,15-,16+,17+,18+/m0/s1. The molecule has 2 fully saturated rings. The molecule has 0 aliphatic carbocycles. The van der Waals surface area contributed by atoms with Crippen molar-refractivity contribution in [3.63, 3.8) is 0 Å². The van der Waals surface area contributed by atoms with Gasteiger partial charge in [0.05, 0.1) is 19.3 Å². The van der Waals surface area contributed by atoms with Crippen LogP contribution in [0.1, 0.15) is 26.3 Å². The Morgan fingerprint density at radius 2 is 1.83 bits per heavy atom. The van der Waals surface area contributed by atoms with Crippen LogP contribution in [0.4, 0.5) is 0 Å². The molecule has 5 nitrogen and oxygen atoms in total. The lowest BCUT2D eigenvalue weighted by Gasteiger charge is -2.40. The predicted molar refractivity (Wildman–Crippen MR) is 89.3 cm³/mol. The van der Waals surface area contributed by atoms with Crippen LogP contribution >= 0.6 is 0 Å². The minimum absolute atomic E-state index is 0.165. The number of hydrogen-bond donors (Lipinski definition) is 0. The van der Waals surface area contributed by atoms with E-state index in [1.54, 1.807) is 6.08 Å². The van der Waals surface area contributed by atoms with E-state index in [-0.39, 0.29) is 24.4 Å². The van der Waals surface area contributed by atoms with Crippen molar-refractivity contribution in [2.45, 2.75) is 63.9 Å². The Kier molecular flexibility index (Phi) is 5.37. The van der Waals surface area contributed by atoms with E-state index in [0.717, 1.165) is 5.56 Å². The smallest absolute Gasteiger partial charge is 0.187 e. The molecule has 1 aromatic rings. The Balaban J connectivity index is 1.71. The summed E-state index contributed by atoms with van der Waals surface area (Å²) >= 11 is 0. The molecule has 0 amide bonds. The lowest BCUT2D eigenvalue weighted by Crippen LogP contribution is -2.56. The Hall–Kier alpha value is -1.24. The summed E-state index contributed by atoms with van der Waals surface area (Å²) in [5.41, 5.74) is 1.12. The lowest BCUT2D eigenvalue weighted by atomic mass is 9.99. The largest absolute Gasteiger partial charge is 0.368 e. The molecule has 0 unspecified atom stereocenters. The molecular weight excluding hydrogens is 308 g/mol. The minimum Gasteiger partial charge on any atom is -0.368 e. The summed E-state index contributed by atoms with van der Waals surface area (Å²) in [4.78, 5) is 0. The minimum atomic E-state index is -0.688. The van der Waals surface area contributed by atoms with Crippen LogP contribution in [0.5, 0.6) is 0 Å². The Labute approximate surface area is 143 Å². The number of rotatable bonds is 6. The van der Waals surface area contributed by atoms with Crippen molar-refractivity contribution in [2.24, 2.45) is 0 Å². The molecule has 2 aliphatic heterocycles. The van der Waals surface area contributed by atoms with Crippen molar-refractivity contribution >= 4 is 0 Å². The molecule has 0 saturated carbocycles. The normalized spacial score (nSPS) is 34.7. The van der Waals surface area contributed by atoms with Gasteiger partial charge in [0.15, 0.2) is 12.1 Å².